The van der Waals surface area contributed by atoms with Crippen molar-refractivity contribution >= 4 is 23.8 Å². The summed E-state index contributed by atoms with van der Waals surface area (Å²) in [7, 11) is 0. The fourth-order valence-electron chi connectivity index (χ4n) is 4.07. The number of nitro groups is 1. The van der Waals surface area contributed by atoms with Crippen molar-refractivity contribution in [2.45, 2.75) is 40.4 Å². The van der Waals surface area contributed by atoms with Gasteiger partial charge in [-0.2, -0.15) is 5.10 Å². The van der Waals surface area contributed by atoms with Gasteiger partial charge in [0.25, 0.3) is 0 Å². The Morgan fingerprint density at radius 3 is 2.45 bits per heavy atom. The number of aromatic nitrogens is 1. The molecular formula is C30H30N4O8. The highest BCUT2D eigenvalue weighted by molar-refractivity contribution is 5.92. The molecule has 0 aliphatic carbocycles. The molecule has 2 aromatic carbocycles. The third-order valence-electron chi connectivity index (χ3n) is 6.11. The van der Waals surface area contributed by atoms with Crippen LogP contribution in [0.5, 0.6) is 11.5 Å². The van der Waals surface area contributed by atoms with E-state index < -0.39 is 22.9 Å². The number of nitrogens with zero attached hydrogens (tertiary/aromatic N) is 3. The van der Waals surface area contributed by atoms with E-state index in [0.717, 1.165) is 17.1 Å². The van der Waals surface area contributed by atoms with Crippen LogP contribution in [0.2, 0.25) is 0 Å². The fourth-order valence-corrected chi connectivity index (χ4v) is 4.07. The van der Waals surface area contributed by atoms with Gasteiger partial charge in [-0.1, -0.05) is 0 Å². The topological polar surface area (TPSA) is 147 Å². The number of nitro benzene ring substituents is 1. The molecule has 0 saturated heterocycles. The number of carbonyl (C=O) groups excluding carboxylic acids is 2. The highest BCUT2D eigenvalue weighted by Gasteiger charge is 2.22. The van der Waals surface area contributed by atoms with Crippen LogP contribution in [0, 0.1) is 24.0 Å². The Kier molecular flexibility index (Phi) is 9.38. The molecule has 0 aliphatic heterocycles. The molecule has 12 heteroatoms. The summed E-state index contributed by atoms with van der Waals surface area (Å²) in [5, 5.41) is 15.4. The second kappa shape index (κ2) is 13.3. The van der Waals surface area contributed by atoms with E-state index >= 15 is 0 Å². The zero-order valence-corrected chi connectivity index (χ0v) is 23.5. The normalized spacial score (nSPS) is 11.7. The van der Waals surface area contributed by atoms with Gasteiger partial charge in [0.05, 0.1) is 17.7 Å². The largest absolute Gasteiger partial charge is 0.486 e. The quantitative estimate of drug-likeness (QED) is 0.104. The minimum atomic E-state index is -1.03. The van der Waals surface area contributed by atoms with Crippen LogP contribution in [-0.2, 0) is 16.1 Å². The molecule has 0 radical (unpaired) electrons. The maximum atomic E-state index is 12.5. The number of benzene rings is 2. The van der Waals surface area contributed by atoms with Crippen LogP contribution >= 0.6 is 0 Å². The van der Waals surface area contributed by atoms with E-state index in [4.69, 9.17) is 18.6 Å². The van der Waals surface area contributed by atoms with Gasteiger partial charge in [0, 0.05) is 28.7 Å². The highest BCUT2D eigenvalue weighted by atomic mass is 16.6. The van der Waals surface area contributed by atoms with Crippen LogP contribution < -0.4 is 14.9 Å². The molecule has 218 valence electrons. The van der Waals surface area contributed by atoms with Crippen LogP contribution in [0.15, 0.2) is 76.2 Å². The Morgan fingerprint density at radius 1 is 1.07 bits per heavy atom. The number of hydrazone groups is 1. The zero-order valence-electron chi connectivity index (χ0n) is 23.5. The summed E-state index contributed by atoms with van der Waals surface area (Å²) in [6, 6.07) is 18.9. The molecule has 0 unspecified atom stereocenters. The molecule has 0 bridgehead atoms. The lowest BCUT2D eigenvalue weighted by Crippen LogP contribution is -2.26. The number of amides is 1. The van der Waals surface area contributed by atoms with Crippen molar-refractivity contribution in [3.8, 4) is 17.2 Å². The van der Waals surface area contributed by atoms with Crippen LogP contribution in [0.25, 0.3) is 5.69 Å². The number of rotatable bonds is 12. The summed E-state index contributed by atoms with van der Waals surface area (Å²) < 4.78 is 23.8. The number of carbonyl (C=O) groups is 2. The summed E-state index contributed by atoms with van der Waals surface area (Å²) in [5.41, 5.74) is 5.57. The fraction of sp³-hybridized carbons (Fsp3) is 0.233. The van der Waals surface area contributed by atoms with Gasteiger partial charge in [-0.25, -0.2) is 10.2 Å². The number of aryl methyl sites for hydroxylation is 2. The number of hydrogen-bond acceptors (Lipinski definition) is 9. The lowest BCUT2D eigenvalue weighted by molar-refractivity contribution is -0.386. The van der Waals surface area contributed by atoms with E-state index in [0.29, 0.717) is 17.1 Å². The number of hydrogen-bond donors (Lipinski definition) is 1. The monoisotopic (exact) mass is 574 g/mol. The molecule has 1 N–H and O–H groups in total. The van der Waals surface area contributed by atoms with Gasteiger partial charge in [-0.15, -0.1) is 0 Å². The number of ether oxygens (including phenoxy) is 3. The molecular weight excluding hydrogens is 544 g/mol. The molecule has 1 atom stereocenters. The highest BCUT2D eigenvalue weighted by Crippen LogP contribution is 2.28. The van der Waals surface area contributed by atoms with Crippen molar-refractivity contribution in [1.29, 1.82) is 0 Å². The van der Waals surface area contributed by atoms with E-state index in [9.17, 15) is 19.7 Å². The molecule has 2 heterocycles. The first kappa shape index (κ1) is 29.6. The number of esters is 1. The van der Waals surface area contributed by atoms with Crippen LogP contribution in [0.1, 0.15) is 47.1 Å². The van der Waals surface area contributed by atoms with E-state index in [1.165, 1.54) is 37.4 Å². The molecule has 42 heavy (non-hydrogen) atoms. The minimum Gasteiger partial charge on any atom is -0.486 e. The maximum Gasteiger partial charge on any atom is 0.347 e. The van der Waals surface area contributed by atoms with Crippen molar-refractivity contribution in [2.75, 3.05) is 6.61 Å². The Morgan fingerprint density at radius 2 is 1.79 bits per heavy atom. The third kappa shape index (κ3) is 7.22. The molecule has 4 rings (SSSR count). The van der Waals surface area contributed by atoms with Crippen molar-refractivity contribution in [2.24, 2.45) is 5.10 Å². The van der Waals surface area contributed by atoms with Gasteiger partial charge in [-0.3, -0.25) is 14.9 Å². The van der Waals surface area contributed by atoms with Gasteiger partial charge >= 0.3 is 17.6 Å². The minimum absolute atomic E-state index is 0.0161. The van der Waals surface area contributed by atoms with Crippen molar-refractivity contribution in [3.63, 3.8) is 0 Å². The van der Waals surface area contributed by atoms with Crippen molar-refractivity contribution < 1.29 is 33.1 Å². The lowest BCUT2D eigenvalue weighted by atomic mass is 10.2. The van der Waals surface area contributed by atoms with Crippen LogP contribution in [0.3, 0.4) is 0 Å². The van der Waals surface area contributed by atoms with Gasteiger partial charge in [0.1, 0.15) is 18.1 Å². The number of nitrogens with one attached hydrogen (secondary N) is 1. The summed E-state index contributed by atoms with van der Waals surface area (Å²) in [6.45, 7) is 7.44. The second-order valence-electron chi connectivity index (χ2n) is 9.20. The Hall–Kier alpha value is -5.39. The summed E-state index contributed by atoms with van der Waals surface area (Å²) in [5.74, 6) is -0.253. The molecule has 4 aromatic rings. The van der Waals surface area contributed by atoms with E-state index in [1.807, 2.05) is 38.1 Å². The molecule has 12 nitrogen and oxygen atoms in total. The Bertz CT molecular complexity index is 1580. The Balaban J connectivity index is 1.31. The van der Waals surface area contributed by atoms with Gasteiger partial charge in [-0.05, 0) is 88.4 Å². The summed E-state index contributed by atoms with van der Waals surface area (Å²) >= 11 is 0. The van der Waals surface area contributed by atoms with Crippen LogP contribution in [0.4, 0.5) is 5.69 Å². The molecule has 0 saturated carbocycles. The van der Waals surface area contributed by atoms with Gasteiger partial charge in [0.2, 0.25) is 0 Å². The third-order valence-corrected chi connectivity index (χ3v) is 6.11. The maximum absolute atomic E-state index is 12.5. The van der Waals surface area contributed by atoms with Crippen molar-refractivity contribution in [3.05, 3.63) is 105 Å². The first-order valence-electron chi connectivity index (χ1n) is 13.1. The number of furan rings is 1. The smallest absolute Gasteiger partial charge is 0.347 e. The average Bonchev–Trinajstić information content (AvgIpc) is 3.59. The molecule has 2 aromatic heterocycles. The predicted molar refractivity (Wildman–Crippen MR) is 153 cm³/mol. The summed E-state index contributed by atoms with van der Waals surface area (Å²) in [4.78, 5) is 35.1. The molecule has 0 fully saturated rings. The average molecular weight is 575 g/mol. The molecule has 1 amide bonds. The standard InChI is InChI=1S/C30H30N4O8/c1-5-39-30(36)21(4)41-27-14-8-22(16-26(27)34(37)38)17-31-32-29(35)28-15-13-25(42-28)18-40-24-11-9-23(10-12-24)33-19(2)6-7-20(33)3/h6-17,21H,5,18H2,1-4H3,(H,32,35)/b31-17+/t21-/m0/s1. The van der Waals surface area contributed by atoms with Gasteiger partial charge in [0.15, 0.2) is 17.6 Å². The zero-order chi connectivity index (χ0) is 30.2. The first-order chi connectivity index (χ1) is 20.2. The molecule has 0 aliphatic rings. The summed E-state index contributed by atoms with van der Waals surface area (Å²) in [6.07, 6.45) is 0.201. The van der Waals surface area contributed by atoms with E-state index in [-0.39, 0.29) is 30.4 Å². The Labute approximate surface area is 241 Å². The van der Waals surface area contributed by atoms with E-state index in [1.54, 1.807) is 13.0 Å². The SMILES string of the molecule is CCOC(=O)[C@H](C)Oc1ccc(/C=N/NC(=O)c2ccc(COc3ccc(-n4c(C)ccc4C)cc3)o2)cc1[N+](=O)[O-]. The van der Waals surface area contributed by atoms with Crippen molar-refractivity contribution in [1.82, 2.24) is 9.99 Å². The lowest BCUT2D eigenvalue weighted by Gasteiger charge is -2.13. The van der Waals surface area contributed by atoms with Gasteiger partial charge < -0.3 is 23.2 Å². The van der Waals surface area contributed by atoms with Crippen LogP contribution in [-0.4, -0.2) is 40.3 Å². The van der Waals surface area contributed by atoms with E-state index in [2.05, 4.69) is 27.2 Å². The first-order valence-corrected chi connectivity index (χ1v) is 13.1. The second-order valence-corrected chi connectivity index (χ2v) is 9.20. The molecule has 0 spiro atoms. The predicted octanol–water partition coefficient (Wildman–Crippen LogP) is 5.27.